The van der Waals surface area contributed by atoms with Gasteiger partial charge in [0.2, 0.25) is 5.82 Å². The zero-order valence-electron chi connectivity index (χ0n) is 11.0. The summed E-state index contributed by atoms with van der Waals surface area (Å²) in [6.45, 7) is 1.99. The van der Waals surface area contributed by atoms with E-state index in [0.717, 1.165) is 0 Å². The molecule has 2 rings (SSSR count). The predicted molar refractivity (Wildman–Crippen MR) is 70.5 cm³/mol. The summed E-state index contributed by atoms with van der Waals surface area (Å²) in [6.07, 6.45) is -4.70. The number of rotatable bonds is 3. The van der Waals surface area contributed by atoms with Crippen LogP contribution in [0.1, 0.15) is 12.7 Å². The number of aromatic nitrogens is 2. The van der Waals surface area contributed by atoms with Crippen LogP contribution < -0.4 is 10.6 Å². The Morgan fingerprint density at radius 2 is 1.90 bits per heavy atom. The van der Waals surface area contributed by atoms with Gasteiger partial charge in [0.15, 0.2) is 0 Å². The van der Waals surface area contributed by atoms with Crippen LogP contribution in [0.5, 0.6) is 0 Å². The van der Waals surface area contributed by atoms with E-state index in [1.807, 2.05) is 0 Å². The molecular weight excluding hydrogens is 288 g/mol. The molecule has 0 spiro atoms. The molecule has 0 aliphatic rings. The average Bonchev–Trinajstić information content (AvgIpc) is 2.38. The second kappa shape index (κ2) is 5.55. The van der Waals surface area contributed by atoms with Crippen molar-refractivity contribution < 1.29 is 17.6 Å². The van der Waals surface area contributed by atoms with Gasteiger partial charge in [-0.1, -0.05) is 6.07 Å². The smallest absolute Gasteiger partial charge is 0.384 e. The van der Waals surface area contributed by atoms with Crippen molar-refractivity contribution in [2.24, 2.45) is 0 Å². The first-order chi connectivity index (χ1) is 9.81. The first-order valence-electron chi connectivity index (χ1n) is 6.06. The number of benzene rings is 1. The molecule has 0 saturated carbocycles. The number of nitrogen functional groups attached to an aromatic ring is 1. The molecule has 8 heteroatoms. The van der Waals surface area contributed by atoms with Gasteiger partial charge < -0.3 is 10.6 Å². The van der Waals surface area contributed by atoms with E-state index < -0.39 is 17.8 Å². The van der Waals surface area contributed by atoms with Crippen molar-refractivity contribution >= 4 is 17.3 Å². The van der Waals surface area contributed by atoms with Crippen molar-refractivity contribution in [3.8, 4) is 0 Å². The van der Waals surface area contributed by atoms with Crippen LogP contribution >= 0.6 is 0 Å². The Labute approximate surface area is 118 Å². The van der Waals surface area contributed by atoms with E-state index in [0.29, 0.717) is 5.69 Å². The van der Waals surface area contributed by atoms with Crippen LogP contribution in [0.25, 0.3) is 0 Å². The highest BCUT2D eigenvalue weighted by molar-refractivity contribution is 5.62. The number of halogens is 4. The molecule has 0 radical (unpaired) electrons. The molecule has 0 bridgehead atoms. The number of hydrogen-bond donors (Lipinski definition) is 1. The Hall–Kier alpha value is -2.38. The van der Waals surface area contributed by atoms with E-state index in [2.05, 4.69) is 9.97 Å². The Kier molecular flexibility index (Phi) is 3.97. The minimum atomic E-state index is -4.70. The van der Waals surface area contributed by atoms with E-state index in [9.17, 15) is 17.6 Å². The summed E-state index contributed by atoms with van der Waals surface area (Å²) < 4.78 is 51.4. The van der Waals surface area contributed by atoms with Crippen molar-refractivity contribution in [3.63, 3.8) is 0 Å². The van der Waals surface area contributed by atoms with Crippen molar-refractivity contribution in [1.29, 1.82) is 0 Å². The van der Waals surface area contributed by atoms with E-state index in [1.54, 1.807) is 13.0 Å². The molecule has 0 aliphatic carbocycles. The lowest BCUT2D eigenvalue weighted by molar-refractivity contribution is -0.144. The Morgan fingerprint density at radius 1 is 1.19 bits per heavy atom. The molecule has 1 heterocycles. The molecule has 0 amide bonds. The van der Waals surface area contributed by atoms with Gasteiger partial charge in [-0.05, 0) is 25.1 Å². The maximum absolute atomic E-state index is 13.3. The molecule has 0 saturated heterocycles. The van der Waals surface area contributed by atoms with Gasteiger partial charge in [-0.15, -0.1) is 0 Å². The molecule has 2 aromatic rings. The molecule has 1 aromatic carbocycles. The minimum absolute atomic E-state index is 0.0390. The van der Waals surface area contributed by atoms with Crippen molar-refractivity contribution in [2.45, 2.75) is 13.1 Å². The molecule has 21 heavy (non-hydrogen) atoms. The first kappa shape index (κ1) is 15.0. The van der Waals surface area contributed by atoms with Crippen molar-refractivity contribution in [1.82, 2.24) is 9.97 Å². The first-order valence-corrected chi connectivity index (χ1v) is 6.06. The van der Waals surface area contributed by atoms with Crippen LogP contribution in [0, 0.1) is 5.82 Å². The quantitative estimate of drug-likeness (QED) is 0.883. The fourth-order valence-corrected chi connectivity index (χ4v) is 1.84. The SMILES string of the molecule is CCN(c1cccc(F)c1)c1cc(N)nc(C(F)(F)F)n1. The molecule has 0 fully saturated rings. The molecule has 4 nitrogen and oxygen atoms in total. The number of hydrogen-bond acceptors (Lipinski definition) is 4. The van der Waals surface area contributed by atoms with Gasteiger partial charge in [0.25, 0.3) is 0 Å². The molecule has 0 atom stereocenters. The van der Waals surface area contributed by atoms with Crippen LogP contribution in [0.3, 0.4) is 0 Å². The topological polar surface area (TPSA) is 55.0 Å². The monoisotopic (exact) mass is 300 g/mol. The standard InChI is InChI=1S/C13H12F4N4/c1-2-21(9-5-3-4-8(14)6-9)11-7-10(18)19-12(20-11)13(15,16)17/h3-7H,2H2,1H3,(H2,18,19,20). The van der Waals surface area contributed by atoms with Crippen molar-refractivity contribution in [3.05, 3.63) is 42.0 Å². The Bertz CT molecular complexity index is 642. The third kappa shape index (κ3) is 3.39. The van der Waals surface area contributed by atoms with E-state index in [4.69, 9.17) is 5.73 Å². The third-order valence-corrected chi connectivity index (χ3v) is 2.70. The van der Waals surface area contributed by atoms with E-state index in [1.165, 1.54) is 29.2 Å². The largest absolute Gasteiger partial charge is 0.451 e. The van der Waals surface area contributed by atoms with Gasteiger partial charge in [0.1, 0.15) is 17.5 Å². The lowest BCUT2D eigenvalue weighted by atomic mass is 10.2. The van der Waals surface area contributed by atoms with Gasteiger partial charge in [-0.3, -0.25) is 0 Å². The zero-order chi connectivity index (χ0) is 15.6. The Morgan fingerprint density at radius 3 is 2.48 bits per heavy atom. The molecule has 2 N–H and O–H groups in total. The third-order valence-electron chi connectivity index (χ3n) is 2.70. The van der Waals surface area contributed by atoms with Crippen LogP contribution in [0.15, 0.2) is 30.3 Å². The zero-order valence-corrected chi connectivity index (χ0v) is 11.0. The van der Waals surface area contributed by atoms with Crippen LogP contribution in [-0.4, -0.2) is 16.5 Å². The Balaban J connectivity index is 2.50. The molecule has 0 unspecified atom stereocenters. The summed E-state index contributed by atoms with van der Waals surface area (Å²) in [7, 11) is 0. The summed E-state index contributed by atoms with van der Waals surface area (Å²) in [6, 6.07) is 6.69. The number of alkyl halides is 3. The molecule has 1 aromatic heterocycles. The summed E-state index contributed by atoms with van der Waals surface area (Å²) in [5, 5.41) is 0. The maximum atomic E-state index is 13.3. The lowest BCUT2D eigenvalue weighted by Gasteiger charge is -2.23. The summed E-state index contributed by atoms with van der Waals surface area (Å²) in [4.78, 5) is 8.06. The van der Waals surface area contributed by atoms with Gasteiger partial charge in [-0.25, -0.2) is 14.4 Å². The van der Waals surface area contributed by atoms with E-state index in [-0.39, 0.29) is 18.2 Å². The maximum Gasteiger partial charge on any atom is 0.451 e. The molecule has 0 aliphatic heterocycles. The number of anilines is 3. The van der Waals surface area contributed by atoms with Gasteiger partial charge in [0.05, 0.1) is 0 Å². The van der Waals surface area contributed by atoms with Gasteiger partial charge in [-0.2, -0.15) is 13.2 Å². The number of nitrogens with two attached hydrogens (primary N) is 1. The average molecular weight is 300 g/mol. The number of nitrogens with zero attached hydrogens (tertiary/aromatic N) is 3. The normalized spacial score (nSPS) is 11.5. The van der Waals surface area contributed by atoms with Crippen LogP contribution in [-0.2, 0) is 6.18 Å². The highest BCUT2D eigenvalue weighted by Gasteiger charge is 2.35. The summed E-state index contributed by atoms with van der Waals surface area (Å²) in [5.41, 5.74) is 5.78. The fraction of sp³-hybridized carbons (Fsp3) is 0.231. The highest BCUT2D eigenvalue weighted by Crippen LogP contribution is 2.31. The molecular formula is C13H12F4N4. The van der Waals surface area contributed by atoms with Crippen LogP contribution in [0.2, 0.25) is 0 Å². The van der Waals surface area contributed by atoms with Crippen LogP contribution in [0.4, 0.5) is 34.9 Å². The molecule has 112 valence electrons. The van der Waals surface area contributed by atoms with E-state index >= 15 is 0 Å². The van der Waals surface area contributed by atoms with Gasteiger partial charge in [0, 0.05) is 18.3 Å². The summed E-state index contributed by atoms with van der Waals surface area (Å²) in [5.74, 6) is -2.17. The fourth-order valence-electron chi connectivity index (χ4n) is 1.84. The predicted octanol–water partition coefficient (Wildman–Crippen LogP) is 3.37. The summed E-state index contributed by atoms with van der Waals surface area (Å²) >= 11 is 0. The van der Waals surface area contributed by atoms with Crippen molar-refractivity contribution in [2.75, 3.05) is 17.2 Å². The second-order valence-electron chi connectivity index (χ2n) is 4.20. The lowest BCUT2D eigenvalue weighted by Crippen LogP contribution is -2.21. The second-order valence-corrected chi connectivity index (χ2v) is 4.20. The van der Waals surface area contributed by atoms with Gasteiger partial charge >= 0.3 is 6.18 Å². The minimum Gasteiger partial charge on any atom is -0.384 e. The highest BCUT2D eigenvalue weighted by atomic mass is 19.4.